The maximum atomic E-state index is 13.1. The van der Waals surface area contributed by atoms with E-state index in [1.165, 1.54) is 12.4 Å². The summed E-state index contributed by atoms with van der Waals surface area (Å²) in [6.07, 6.45) is 1.48. The highest BCUT2D eigenvalue weighted by molar-refractivity contribution is 5.94. The van der Waals surface area contributed by atoms with Crippen LogP contribution in [0.1, 0.15) is 10.4 Å². The van der Waals surface area contributed by atoms with Gasteiger partial charge in [-0.2, -0.15) is 0 Å². The van der Waals surface area contributed by atoms with E-state index in [2.05, 4.69) is 25.5 Å². The molecule has 0 bridgehead atoms. The first-order valence-corrected chi connectivity index (χ1v) is 8.25. The fraction of sp³-hybridized carbons (Fsp3) is 0.353. The second-order valence-corrected chi connectivity index (χ2v) is 5.67. The molecule has 0 unspecified atom stereocenters. The van der Waals surface area contributed by atoms with E-state index < -0.39 is 17.5 Å². The minimum atomic E-state index is -1.05. The Morgan fingerprint density at radius 2 is 1.92 bits per heavy atom. The Kier molecular flexibility index (Phi) is 5.90. The molecule has 1 aromatic heterocycles. The summed E-state index contributed by atoms with van der Waals surface area (Å²) in [6.45, 7) is 3.62. The van der Waals surface area contributed by atoms with Crippen molar-refractivity contribution in [3.63, 3.8) is 0 Å². The summed E-state index contributed by atoms with van der Waals surface area (Å²) in [5.41, 5.74) is 0.0699. The molecule has 0 radical (unpaired) electrons. The average Bonchev–Trinajstić information content (AvgIpc) is 2.68. The van der Waals surface area contributed by atoms with Gasteiger partial charge in [-0.3, -0.25) is 4.79 Å². The number of anilines is 2. The van der Waals surface area contributed by atoms with E-state index in [0.29, 0.717) is 32.1 Å². The molecule has 1 aromatic carbocycles. The van der Waals surface area contributed by atoms with E-state index in [-0.39, 0.29) is 5.56 Å². The number of rotatable bonds is 6. The number of hydrogen-bond acceptors (Lipinski definition) is 6. The Morgan fingerprint density at radius 1 is 1.12 bits per heavy atom. The van der Waals surface area contributed by atoms with E-state index in [1.807, 2.05) is 6.07 Å². The lowest BCUT2D eigenvalue weighted by Gasteiger charge is -2.27. The fourth-order valence-electron chi connectivity index (χ4n) is 2.52. The topological polar surface area (TPSA) is 79.4 Å². The van der Waals surface area contributed by atoms with E-state index in [4.69, 9.17) is 4.74 Å². The van der Waals surface area contributed by atoms with Crippen LogP contribution in [0.2, 0.25) is 0 Å². The summed E-state index contributed by atoms with van der Waals surface area (Å²) in [6, 6.07) is 4.87. The SMILES string of the molecule is O=C(NCCNc1cc(N2CCOCC2)ncn1)c1ccc(F)c(F)c1. The number of carbonyl (C=O) groups is 1. The number of morpholine rings is 1. The average molecular weight is 363 g/mol. The van der Waals surface area contributed by atoms with Crippen molar-refractivity contribution in [1.82, 2.24) is 15.3 Å². The minimum absolute atomic E-state index is 0.0699. The summed E-state index contributed by atoms with van der Waals surface area (Å²) in [7, 11) is 0. The molecule has 0 atom stereocenters. The molecular weight excluding hydrogens is 344 g/mol. The Hall–Kier alpha value is -2.81. The summed E-state index contributed by atoms with van der Waals surface area (Å²) in [4.78, 5) is 22.4. The highest BCUT2D eigenvalue weighted by Crippen LogP contribution is 2.15. The molecule has 1 aliphatic heterocycles. The number of nitrogens with one attached hydrogen (secondary N) is 2. The molecule has 0 saturated carbocycles. The van der Waals surface area contributed by atoms with Crippen LogP contribution in [0.4, 0.5) is 20.4 Å². The van der Waals surface area contributed by atoms with Gasteiger partial charge in [0.2, 0.25) is 0 Å². The monoisotopic (exact) mass is 363 g/mol. The lowest BCUT2D eigenvalue weighted by molar-refractivity contribution is 0.0954. The van der Waals surface area contributed by atoms with Crippen LogP contribution in [0.15, 0.2) is 30.6 Å². The number of benzene rings is 1. The third-order valence-corrected chi connectivity index (χ3v) is 3.89. The van der Waals surface area contributed by atoms with E-state index >= 15 is 0 Å². The Morgan fingerprint density at radius 3 is 2.69 bits per heavy atom. The highest BCUT2D eigenvalue weighted by Gasteiger charge is 2.13. The summed E-state index contributed by atoms with van der Waals surface area (Å²) in [5, 5.41) is 5.73. The molecule has 2 aromatic rings. The van der Waals surface area contributed by atoms with Gasteiger partial charge in [-0.25, -0.2) is 18.7 Å². The zero-order valence-electron chi connectivity index (χ0n) is 14.0. The summed E-state index contributed by atoms with van der Waals surface area (Å²) >= 11 is 0. The summed E-state index contributed by atoms with van der Waals surface area (Å²) in [5.74, 6) is -1.04. The molecule has 138 valence electrons. The maximum Gasteiger partial charge on any atom is 0.251 e. The third-order valence-electron chi connectivity index (χ3n) is 3.89. The van der Waals surface area contributed by atoms with Crippen LogP contribution in [-0.2, 0) is 4.74 Å². The van der Waals surface area contributed by atoms with Gasteiger partial charge in [0.05, 0.1) is 13.2 Å². The van der Waals surface area contributed by atoms with Crippen LogP contribution in [-0.4, -0.2) is 55.3 Å². The van der Waals surface area contributed by atoms with Crippen molar-refractivity contribution < 1.29 is 18.3 Å². The molecule has 26 heavy (non-hydrogen) atoms. The van der Waals surface area contributed by atoms with Crippen LogP contribution in [0.5, 0.6) is 0 Å². The Balaban J connectivity index is 1.47. The third kappa shape index (κ3) is 4.63. The zero-order valence-corrected chi connectivity index (χ0v) is 14.0. The van der Waals surface area contributed by atoms with Crippen molar-refractivity contribution in [2.45, 2.75) is 0 Å². The van der Waals surface area contributed by atoms with Gasteiger partial charge >= 0.3 is 0 Å². The lowest BCUT2D eigenvalue weighted by Crippen LogP contribution is -2.36. The fourth-order valence-corrected chi connectivity index (χ4v) is 2.52. The normalized spacial score (nSPS) is 14.2. The van der Waals surface area contributed by atoms with Gasteiger partial charge in [-0.1, -0.05) is 0 Å². The van der Waals surface area contributed by atoms with Crippen LogP contribution in [0.3, 0.4) is 0 Å². The van der Waals surface area contributed by atoms with Crippen molar-refractivity contribution in [2.75, 3.05) is 49.6 Å². The molecule has 0 spiro atoms. The Labute approximate surface area is 149 Å². The van der Waals surface area contributed by atoms with Crippen LogP contribution in [0.25, 0.3) is 0 Å². The van der Waals surface area contributed by atoms with Gasteiger partial charge in [0.15, 0.2) is 11.6 Å². The molecule has 1 saturated heterocycles. The number of halogens is 2. The molecule has 0 aliphatic carbocycles. The quantitative estimate of drug-likeness (QED) is 0.756. The smallest absolute Gasteiger partial charge is 0.251 e. The van der Waals surface area contributed by atoms with Gasteiger partial charge in [0, 0.05) is 37.8 Å². The minimum Gasteiger partial charge on any atom is -0.378 e. The first kappa shape index (κ1) is 18.0. The van der Waals surface area contributed by atoms with Gasteiger partial charge in [0.1, 0.15) is 18.0 Å². The number of nitrogens with zero attached hydrogens (tertiary/aromatic N) is 3. The largest absolute Gasteiger partial charge is 0.378 e. The number of carbonyl (C=O) groups excluding carboxylic acids is 1. The first-order valence-electron chi connectivity index (χ1n) is 8.25. The predicted octanol–water partition coefficient (Wildman–Crippen LogP) is 1.43. The number of hydrogen-bond donors (Lipinski definition) is 2. The molecule has 9 heteroatoms. The molecule has 2 N–H and O–H groups in total. The van der Waals surface area contributed by atoms with Gasteiger partial charge in [-0.15, -0.1) is 0 Å². The maximum absolute atomic E-state index is 13.1. The highest BCUT2D eigenvalue weighted by atomic mass is 19.2. The van der Waals surface area contributed by atoms with Crippen molar-refractivity contribution in [1.29, 1.82) is 0 Å². The van der Waals surface area contributed by atoms with Crippen molar-refractivity contribution >= 4 is 17.5 Å². The standard InChI is InChI=1S/C17H19F2N5O2/c18-13-2-1-12(9-14(13)19)17(25)21-4-3-20-15-10-16(23-11-22-15)24-5-7-26-8-6-24/h1-2,9-11H,3-8H2,(H,21,25)(H,20,22,23). The van der Waals surface area contributed by atoms with E-state index in [9.17, 15) is 13.6 Å². The van der Waals surface area contributed by atoms with Gasteiger partial charge in [-0.05, 0) is 18.2 Å². The predicted molar refractivity (Wildman–Crippen MR) is 92.2 cm³/mol. The number of amides is 1. The molecular formula is C17H19F2N5O2. The second kappa shape index (κ2) is 8.52. The Bertz CT molecular complexity index is 769. The van der Waals surface area contributed by atoms with Crippen LogP contribution >= 0.6 is 0 Å². The van der Waals surface area contributed by atoms with Crippen molar-refractivity contribution in [3.05, 3.63) is 47.8 Å². The summed E-state index contributed by atoms with van der Waals surface area (Å²) < 4.78 is 31.4. The van der Waals surface area contributed by atoms with E-state index in [0.717, 1.165) is 31.0 Å². The molecule has 7 nitrogen and oxygen atoms in total. The van der Waals surface area contributed by atoms with Crippen LogP contribution in [0, 0.1) is 11.6 Å². The molecule has 1 amide bonds. The second-order valence-electron chi connectivity index (χ2n) is 5.67. The lowest BCUT2D eigenvalue weighted by atomic mass is 10.2. The molecule has 3 rings (SSSR count). The number of ether oxygens (including phenoxy) is 1. The van der Waals surface area contributed by atoms with Crippen molar-refractivity contribution in [2.24, 2.45) is 0 Å². The molecule has 2 heterocycles. The molecule has 1 aliphatic rings. The van der Waals surface area contributed by atoms with Gasteiger partial charge in [0.25, 0.3) is 5.91 Å². The van der Waals surface area contributed by atoms with Crippen molar-refractivity contribution in [3.8, 4) is 0 Å². The van der Waals surface area contributed by atoms with Gasteiger partial charge < -0.3 is 20.3 Å². The zero-order chi connectivity index (χ0) is 18.4. The molecule has 1 fully saturated rings. The van der Waals surface area contributed by atoms with Crippen LogP contribution < -0.4 is 15.5 Å². The van der Waals surface area contributed by atoms with E-state index in [1.54, 1.807) is 0 Å². The number of aromatic nitrogens is 2. The first-order chi connectivity index (χ1) is 12.6.